The average molecular weight is 460 g/mol. The van der Waals surface area contributed by atoms with Crippen LogP contribution in [0.15, 0.2) is 27.9 Å². The number of hydrogen-bond donors (Lipinski definition) is 1. The summed E-state index contributed by atoms with van der Waals surface area (Å²) in [5.41, 5.74) is -0.0513. The number of methoxy groups -OCH3 is 1. The van der Waals surface area contributed by atoms with E-state index >= 15 is 0 Å². The van der Waals surface area contributed by atoms with Crippen LogP contribution in [0.3, 0.4) is 0 Å². The first-order chi connectivity index (χ1) is 14.8. The molecule has 1 aliphatic carbocycles. The topological polar surface area (TPSA) is 123 Å². The van der Waals surface area contributed by atoms with Gasteiger partial charge in [0.2, 0.25) is 11.6 Å². The third-order valence-corrected chi connectivity index (χ3v) is 5.60. The van der Waals surface area contributed by atoms with E-state index in [-0.39, 0.29) is 27.4 Å². The summed E-state index contributed by atoms with van der Waals surface area (Å²) in [6, 6.07) is 4.42. The molecule has 1 aromatic carbocycles. The number of rotatable bonds is 4. The van der Waals surface area contributed by atoms with Gasteiger partial charge in [0.15, 0.2) is 5.75 Å². The van der Waals surface area contributed by atoms with E-state index in [0.717, 1.165) is 28.7 Å². The predicted octanol–water partition coefficient (Wildman–Crippen LogP) is 3.34. The number of benzene rings is 1. The molecule has 9 nitrogen and oxygen atoms in total. The summed E-state index contributed by atoms with van der Waals surface area (Å²) in [5.74, 6) is 1.54. The first kappa shape index (κ1) is 20.9. The fraction of sp³-hybridized carbons (Fsp3) is 0.250. The maximum Gasteiger partial charge on any atom is 0.349 e. The van der Waals surface area contributed by atoms with Crippen LogP contribution in [0, 0.1) is 11.3 Å². The van der Waals surface area contributed by atoms with Crippen molar-refractivity contribution in [2.75, 3.05) is 7.11 Å². The minimum absolute atomic E-state index is 0.108. The Labute approximate surface area is 185 Å². The molecule has 1 unspecified atom stereocenters. The van der Waals surface area contributed by atoms with Crippen LogP contribution in [0.1, 0.15) is 36.1 Å². The normalized spacial score (nSPS) is 14.7. The van der Waals surface area contributed by atoms with Gasteiger partial charge in [0.1, 0.15) is 11.8 Å². The van der Waals surface area contributed by atoms with E-state index in [2.05, 4.69) is 17.0 Å². The van der Waals surface area contributed by atoms with Gasteiger partial charge in [0.05, 0.1) is 29.0 Å². The molecule has 1 aliphatic rings. The van der Waals surface area contributed by atoms with E-state index in [0.29, 0.717) is 11.6 Å². The summed E-state index contributed by atoms with van der Waals surface area (Å²) < 4.78 is 12.2. The summed E-state index contributed by atoms with van der Waals surface area (Å²) in [5, 5.41) is 13.0. The van der Waals surface area contributed by atoms with Crippen molar-refractivity contribution < 1.29 is 9.47 Å². The number of nitriles is 1. The van der Waals surface area contributed by atoms with Crippen molar-refractivity contribution in [1.29, 1.82) is 5.26 Å². The van der Waals surface area contributed by atoms with Gasteiger partial charge in [-0.05, 0) is 30.9 Å². The second kappa shape index (κ2) is 8.06. The van der Waals surface area contributed by atoms with Crippen LogP contribution >= 0.6 is 23.2 Å². The van der Waals surface area contributed by atoms with Crippen molar-refractivity contribution >= 4 is 23.2 Å². The first-order valence-corrected chi connectivity index (χ1v) is 9.96. The van der Waals surface area contributed by atoms with Gasteiger partial charge in [-0.3, -0.25) is 9.78 Å². The van der Waals surface area contributed by atoms with E-state index in [1.807, 2.05) is 4.98 Å². The number of aromatic amines is 1. The summed E-state index contributed by atoms with van der Waals surface area (Å²) in [4.78, 5) is 30.0. The molecule has 2 heterocycles. The summed E-state index contributed by atoms with van der Waals surface area (Å²) in [7, 11) is 1.57. The molecule has 0 amide bonds. The van der Waals surface area contributed by atoms with E-state index in [4.69, 9.17) is 37.9 Å². The van der Waals surface area contributed by atoms with Gasteiger partial charge in [0, 0.05) is 11.1 Å². The predicted molar refractivity (Wildman–Crippen MR) is 113 cm³/mol. The Kier molecular flexibility index (Phi) is 5.43. The van der Waals surface area contributed by atoms with Gasteiger partial charge in [-0.25, -0.2) is 9.78 Å². The number of hydrogen-bond acceptors (Lipinski definition) is 7. The second-order valence-corrected chi connectivity index (χ2v) is 7.75. The number of pyridine rings is 1. The lowest BCUT2D eigenvalue weighted by Crippen LogP contribution is -2.33. The molecule has 0 aliphatic heterocycles. The van der Waals surface area contributed by atoms with Crippen molar-refractivity contribution in [3.05, 3.63) is 66.0 Å². The molecule has 0 bridgehead atoms. The zero-order chi connectivity index (χ0) is 22.3. The Morgan fingerprint density at radius 3 is 2.65 bits per heavy atom. The molecule has 0 spiro atoms. The van der Waals surface area contributed by atoms with E-state index in [9.17, 15) is 9.59 Å². The molecule has 31 heavy (non-hydrogen) atoms. The lowest BCUT2D eigenvalue weighted by atomic mass is 10.1. The highest BCUT2D eigenvalue weighted by Gasteiger charge is 2.28. The Morgan fingerprint density at radius 1 is 1.29 bits per heavy atom. The highest BCUT2D eigenvalue weighted by Crippen LogP contribution is 2.45. The molecule has 0 saturated heterocycles. The fourth-order valence-electron chi connectivity index (χ4n) is 3.57. The van der Waals surface area contributed by atoms with Gasteiger partial charge in [0.25, 0.3) is 5.56 Å². The van der Waals surface area contributed by atoms with E-state index in [1.54, 1.807) is 19.4 Å². The molecular formula is C20H15Cl2N5O4. The molecular weight excluding hydrogens is 445 g/mol. The SMILES string of the molecule is COc1ncc(Oc2c(Cl)cc(-n3nc(C#N)c(=O)[nH]c3=O)cc2Cl)c2c1C(C)CC2. The molecule has 0 radical (unpaired) electrons. The van der Waals surface area contributed by atoms with Gasteiger partial charge in [-0.1, -0.05) is 30.1 Å². The highest BCUT2D eigenvalue weighted by atomic mass is 35.5. The van der Waals surface area contributed by atoms with Crippen LogP contribution < -0.4 is 20.7 Å². The summed E-state index contributed by atoms with van der Waals surface area (Å²) in [6.07, 6.45) is 3.30. The maximum atomic E-state index is 12.1. The quantitative estimate of drug-likeness (QED) is 0.634. The zero-order valence-electron chi connectivity index (χ0n) is 16.4. The third-order valence-electron chi connectivity index (χ3n) is 5.04. The lowest BCUT2D eigenvalue weighted by molar-refractivity contribution is 0.387. The lowest BCUT2D eigenvalue weighted by Gasteiger charge is -2.16. The van der Waals surface area contributed by atoms with Gasteiger partial charge in [-0.2, -0.15) is 9.94 Å². The molecule has 158 valence electrons. The van der Waals surface area contributed by atoms with Crippen LogP contribution in [-0.4, -0.2) is 26.9 Å². The van der Waals surface area contributed by atoms with Crippen LogP contribution in [0.2, 0.25) is 10.0 Å². The Balaban J connectivity index is 1.77. The second-order valence-electron chi connectivity index (χ2n) is 6.94. The minimum Gasteiger partial charge on any atom is -0.481 e. The van der Waals surface area contributed by atoms with Crippen LogP contribution in [0.5, 0.6) is 17.4 Å². The Bertz CT molecular complexity index is 1340. The number of nitrogens with one attached hydrogen (secondary N) is 1. The van der Waals surface area contributed by atoms with E-state index < -0.39 is 16.9 Å². The van der Waals surface area contributed by atoms with Crippen molar-refractivity contribution in [2.24, 2.45) is 0 Å². The van der Waals surface area contributed by atoms with Crippen molar-refractivity contribution in [3.63, 3.8) is 0 Å². The molecule has 4 rings (SSSR count). The minimum atomic E-state index is -0.879. The van der Waals surface area contributed by atoms with Crippen molar-refractivity contribution in [1.82, 2.24) is 19.7 Å². The van der Waals surface area contributed by atoms with Crippen LogP contribution in [0.25, 0.3) is 5.69 Å². The van der Waals surface area contributed by atoms with Gasteiger partial charge < -0.3 is 9.47 Å². The van der Waals surface area contributed by atoms with Crippen molar-refractivity contribution in [3.8, 4) is 29.1 Å². The molecule has 3 aromatic rings. The third kappa shape index (κ3) is 3.65. The Morgan fingerprint density at radius 2 is 2.00 bits per heavy atom. The largest absolute Gasteiger partial charge is 0.481 e. The number of fused-ring (bicyclic) bond motifs is 1. The Hall–Kier alpha value is -3.35. The first-order valence-electron chi connectivity index (χ1n) is 9.20. The average Bonchev–Trinajstić information content (AvgIpc) is 3.13. The number of ether oxygens (including phenoxy) is 2. The number of H-pyrrole nitrogens is 1. The smallest absolute Gasteiger partial charge is 0.349 e. The number of nitrogens with zero attached hydrogens (tertiary/aromatic N) is 4. The molecule has 0 saturated carbocycles. The van der Waals surface area contributed by atoms with E-state index in [1.165, 1.54) is 12.1 Å². The van der Waals surface area contributed by atoms with Gasteiger partial charge in [-0.15, -0.1) is 5.10 Å². The molecule has 1 atom stereocenters. The maximum absolute atomic E-state index is 12.1. The van der Waals surface area contributed by atoms with Crippen LogP contribution in [-0.2, 0) is 6.42 Å². The molecule has 11 heteroatoms. The molecule has 0 fully saturated rings. The molecule has 1 N–H and O–H groups in total. The molecule has 2 aromatic heterocycles. The van der Waals surface area contributed by atoms with Crippen LogP contribution in [0.4, 0.5) is 0 Å². The van der Waals surface area contributed by atoms with Gasteiger partial charge >= 0.3 is 5.69 Å². The monoisotopic (exact) mass is 459 g/mol. The fourth-order valence-corrected chi connectivity index (χ4v) is 4.13. The highest BCUT2D eigenvalue weighted by molar-refractivity contribution is 6.37. The number of aromatic nitrogens is 4. The standard InChI is InChI=1S/C20H15Cl2N5O4/c1-9-3-4-11-15(8-24-19(30-2)16(9)11)31-17-12(21)5-10(6-13(17)22)27-20(29)25-18(28)14(7-23)26-27/h5-6,8-9H,3-4H2,1-2H3,(H,25,28,29). The summed E-state index contributed by atoms with van der Waals surface area (Å²) >= 11 is 12.8. The zero-order valence-corrected chi connectivity index (χ0v) is 17.9. The van der Waals surface area contributed by atoms with Crippen molar-refractivity contribution in [2.45, 2.75) is 25.7 Å². The number of halogens is 2. The summed E-state index contributed by atoms with van der Waals surface area (Å²) in [6.45, 7) is 2.10.